The molecule has 0 nitrogen and oxygen atoms in total. The standard InChI is InChI=1S/C26H46/c1-3-5-7-11-23-15-19-25(20-16-23)13-9-10-14-26-21-17-24(18-22-26)12-8-6-4-2/h5-8,23-26H,3-4,9-22H2,1-2H3/b7-5-,8-6-. The van der Waals surface area contributed by atoms with Crippen LogP contribution in [-0.2, 0) is 0 Å². The van der Waals surface area contributed by atoms with Gasteiger partial charge >= 0.3 is 0 Å². The van der Waals surface area contributed by atoms with E-state index in [4.69, 9.17) is 0 Å². The molecule has 0 heteroatoms. The molecule has 0 radical (unpaired) electrons. The largest absolute Gasteiger partial charge is 0.0888 e. The van der Waals surface area contributed by atoms with Gasteiger partial charge in [-0.2, -0.15) is 0 Å². The Morgan fingerprint density at radius 1 is 0.500 bits per heavy atom. The van der Waals surface area contributed by atoms with Gasteiger partial charge in [0.25, 0.3) is 0 Å². The van der Waals surface area contributed by atoms with Gasteiger partial charge < -0.3 is 0 Å². The van der Waals surface area contributed by atoms with E-state index < -0.39 is 0 Å². The summed E-state index contributed by atoms with van der Waals surface area (Å²) in [6.07, 6.45) is 32.7. The number of unbranched alkanes of at least 4 members (excludes halogenated alkanes) is 1. The molecule has 0 heterocycles. The van der Waals surface area contributed by atoms with Gasteiger partial charge in [0, 0.05) is 0 Å². The molecule has 0 N–H and O–H groups in total. The molecule has 0 saturated heterocycles. The molecule has 0 aromatic heterocycles. The number of allylic oxidation sites excluding steroid dienone is 4. The van der Waals surface area contributed by atoms with Crippen molar-refractivity contribution in [2.75, 3.05) is 0 Å². The van der Waals surface area contributed by atoms with Crippen molar-refractivity contribution in [3.05, 3.63) is 24.3 Å². The zero-order chi connectivity index (χ0) is 18.5. The van der Waals surface area contributed by atoms with Crippen LogP contribution in [0.15, 0.2) is 24.3 Å². The van der Waals surface area contributed by atoms with Crippen molar-refractivity contribution in [3.8, 4) is 0 Å². The highest BCUT2D eigenvalue weighted by Crippen LogP contribution is 2.36. The van der Waals surface area contributed by atoms with Crippen LogP contribution in [0.2, 0.25) is 0 Å². The molecule has 0 spiro atoms. The topological polar surface area (TPSA) is 0 Å². The minimum atomic E-state index is 0.997. The number of hydrogen-bond donors (Lipinski definition) is 0. The second-order valence-corrected chi connectivity index (χ2v) is 9.29. The van der Waals surface area contributed by atoms with Gasteiger partial charge in [-0.15, -0.1) is 0 Å². The van der Waals surface area contributed by atoms with Crippen molar-refractivity contribution < 1.29 is 0 Å². The summed E-state index contributed by atoms with van der Waals surface area (Å²) >= 11 is 0. The third-order valence-corrected chi connectivity index (χ3v) is 7.15. The number of hydrogen-bond acceptors (Lipinski definition) is 0. The predicted molar refractivity (Wildman–Crippen MR) is 117 cm³/mol. The van der Waals surface area contributed by atoms with E-state index in [1.165, 1.54) is 103 Å². The second-order valence-electron chi connectivity index (χ2n) is 9.29. The molecule has 0 aliphatic heterocycles. The Labute approximate surface area is 164 Å². The molecule has 0 aromatic rings. The highest BCUT2D eigenvalue weighted by atomic mass is 14.3. The van der Waals surface area contributed by atoms with Gasteiger partial charge in [-0.05, 0) is 75.0 Å². The zero-order valence-electron chi connectivity index (χ0n) is 17.9. The van der Waals surface area contributed by atoms with Crippen LogP contribution < -0.4 is 0 Å². The summed E-state index contributed by atoms with van der Waals surface area (Å²) < 4.78 is 0. The van der Waals surface area contributed by atoms with E-state index >= 15 is 0 Å². The lowest BCUT2D eigenvalue weighted by Crippen LogP contribution is -2.15. The van der Waals surface area contributed by atoms with Crippen LogP contribution in [0, 0.1) is 23.7 Å². The molecular formula is C26H46. The summed E-state index contributed by atoms with van der Waals surface area (Å²) in [5.74, 6) is 4.11. The second kappa shape index (κ2) is 13.6. The average Bonchev–Trinajstić information content (AvgIpc) is 2.68. The van der Waals surface area contributed by atoms with E-state index in [1.807, 2.05) is 0 Å². The van der Waals surface area contributed by atoms with Crippen LogP contribution in [0.3, 0.4) is 0 Å². The Morgan fingerprint density at radius 3 is 1.19 bits per heavy atom. The van der Waals surface area contributed by atoms with E-state index in [9.17, 15) is 0 Å². The first-order valence-electron chi connectivity index (χ1n) is 12.1. The normalized spacial score (nSPS) is 30.4. The van der Waals surface area contributed by atoms with Crippen molar-refractivity contribution in [3.63, 3.8) is 0 Å². The van der Waals surface area contributed by atoms with E-state index in [0.717, 1.165) is 23.7 Å². The lowest BCUT2D eigenvalue weighted by atomic mass is 9.77. The highest BCUT2D eigenvalue weighted by Gasteiger charge is 2.22. The molecule has 2 fully saturated rings. The predicted octanol–water partition coefficient (Wildman–Crippen LogP) is 8.87. The Balaban J connectivity index is 1.46. The van der Waals surface area contributed by atoms with E-state index in [1.54, 1.807) is 0 Å². The molecule has 0 amide bonds. The van der Waals surface area contributed by atoms with Gasteiger partial charge in [0.05, 0.1) is 0 Å². The Morgan fingerprint density at radius 2 is 0.846 bits per heavy atom. The minimum absolute atomic E-state index is 0.997. The summed E-state index contributed by atoms with van der Waals surface area (Å²) in [7, 11) is 0. The van der Waals surface area contributed by atoms with E-state index in [0.29, 0.717) is 0 Å². The summed E-state index contributed by atoms with van der Waals surface area (Å²) in [5.41, 5.74) is 0. The van der Waals surface area contributed by atoms with Crippen LogP contribution in [0.4, 0.5) is 0 Å². The van der Waals surface area contributed by atoms with E-state index in [2.05, 4.69) is 38.2 Å². The Hall–Kier alpha value is -0.520. The molecule has 0 unspecified atom stereocenters. The Kier molecular flexibility index (Phi) is 11.4. The summed E-state index contributed by atoms with van der Waals surface area (Å²) in [4.78, 5) is 0. The van der Waals surface area contributed by atoms with Crippen LogP contribution in [-0.4, -0.2) is 0 Å². The lowest BCUT2D eigenvalue weighted by Gasteiger charge is -2.29. The fourth-order valence-corrected chi connectivity index (χ4v) is 5.29. The molecule has 150 valence electrons. The minimum Gasteiger partial charge on any atom is -0.0888 e. The quantitative estimate of drug-likeness (QED) is 0.255. The van der Waals surface area contributed by atoms with E-state index in [-0.39, 0.29) is 0 Å². The first kappa shape index (κ1) is 21.8. The van der Waals surface area contributed by atoms with Crippen LogP contribution in [0.5, 0.6) is 0 Å². The first-order chi connectivity index (χ1) is 12.8. The SMILES string of the molecule is CC/C=C\CC1CCC(CCCCC2CCC(C/C=C\CC)CC2)CC1. The van der Waals surface area contributed by atoms with Crippen molar-refractivity contribution in [2.24, 2.45) is 23.7 Å². The number of rotatable bonds is 11. The van der Waals surface area contributed by atoms with Crippen LogP contribution >= 0.6 is 0 Å². The maximum absolute atomic E-state index is 2.43. The average molecular weight is 359 g/mol. The maximum atomic E-state index is 2.43. The first-order valence-corrected chi connectivity index (χ1v) is 12.1. The van der Waals surface area contributed by atoms with Gasteiger partial charge in [-0.1, -0.05) is 89.5 Å². The molecule has 2 aliphatic carbocycles. The zero-order valence-corrected chi connectivity index (χ0v) is 17.9. The van der Waals surface area contributed by atoms with Gasteiger partial charge in [0.15, 0.2) is 0 Å². The third kappa shape index (κ3) is 8.92. The summed E-state index contributed by atoms with van der Waals surface area (Å²) in [6.45, 7) is 4.48. The van der Waals surface area contributed by atoms with Gasteiger partial charge in [-0.25, -0.2) is 0 Å². The Bertz CT molecular complexity index is 337. The monoisotopic (exact) mass is 358 g/mol. The maximum Gasteiger partial charge on any atom is -0.0322 e. The molecule has 2 saturated carbocycles. The van der Waals surface area contributed by atoms with Crippen molar-refractivity contribution in [2.45, 2.75) is 117 Å². The molecule has 26 heavy (non-hydrogen) atoms. The van der Waals surface area contributed by atoms with Crippen LogP contribution in [0.25, 0.3) is 0 Å². The van der Waals surface area contributed by atoms with Crippen LogP contribution in [0.1, 0.15) is 117 Å². The van der Waals surface area contributed by atoms with Gasteiger partial charge in [0.1, 0.15) is 0 Å². The molecular weight excluding hydrogens is 312 g/mol. The molecule has 2 aliphatic rings. The fraction of sp³-hybridized carbons (Fsp3) is 0.846. The van der Waals surface area contributed by atoms with Crippen molar-refractivity contribution >= 4 is 0 Å². The smallest absolute Gasteiger partial charge is 0.0322 e. The molecule has 0 aromatic carbocycles. The molecule has 2 rings (SSSR count). The lowest BCUT2D eigenvalue weighted by molar-refractivity contribution is 0.243. The summed E-state index contributed by atoms with van der Waals surface area (Å²) in [5, 5.41) is 0. The fourth-order valence-electron chi connectivity index (χ4n) is 5.29. The van der Waals surface area contributed by atoms with Crippen molar-refractivity contribution in [1.29, 1.82) is 0 Å². The highest BCUT2D eigenvalue weighted by molar-refractivity contribution is 4.86. The summed E-state index contributed by atoms with van der Waals surface area (Å²) in [6, 6.07) is 0. The van der Waals surface area contributed by atoms with Gasteiger partial charge in [-0.3, -0.25) is 0 Å². The molecule has 0 atom stereocenters. The molecule has 0 bridgehead atoms. The van der Waals surface area contributed by atoms with Gasteiger partial charge in [0.2, 0.25) is 0 Å². The third-order valence-electron chi connectivity index (χ3n) is 7.15. The van der Waals surface area contributed by atoms with Crippen molar-refractivity contribution in [1.82, 2.24) is 0 Å².